The lowest BCUT2D eigenvalue weighted by molar-refractivity contribution is 0.249. The van der Waals surface area contributed by atoms with Crippen LogP contribution in [0.4, 0.5) is 17.6 Å². The number of hydrogen-bond acceptors (Lipinski definition) is 3. The maximum Gasteiger partial charge on any atom is 0.293 e. The zero-order valence-corrected chi connectivity index (χ0v) is 7.82. The zero-order valence-electron chi connectivity index (χ0n) is 7.01. The SMILES string of the molecule is Fc1ccc2nc(SC(F)F)oc2c1F. The van der Waals surface area contributed by atoms with Crippen molar-refractivity contribution in [2.75, 3.05) is 0 Å². The van der Waals surface area contributed by atoms with Crippen LogP contribution in [0.5, 0.6) is 0 Å². The van der Waals surface area contributed by atoms with E-state index < -0.39 is 23.0 Å². The summed E-state index contributed by atoms with van der Waals surface area (Å²) in [6.45, 7) is 0. The molecule has 0 bridgehead atoms. The Labute approximate surface area is 85.3 Å². The van der Waals surface area contributed by atoms with Crippen molar-refractivity contribution in [3.63, 3.8) is 0 Å². The third-order valence-electron chi connectivity index (χ3n) is 1.62. The van der Waals surface area contributed by atoms with Crippen molar-refractivity contribution < 1.29 is 22.0 Å². The number of alkyl halides is 2. The van der Waals surface area contributed by atoms with Gasteiger partial charge in [-0.2, -0.15) is 13.2 Å². The normalized spacial score (nSPS) is 11.5. The van der Waals surface area contributed by atoms with Gasteiger partial charge in [0.1, 0.15) is 5.52 Å². The quantitative estimate of drug-likeness (QED) is 0.591. The Kier molecular flexibility index (Phi) is 2.56. The van der Waals surface area contributed by atoms with Crippen LogP contribution in [0.25, 0.3) is 11.1 Å². The van der Waals surface area contributed by atoms with E-state index in [0.717, 1.165) is 12.1 Å². The average Bonchev–Trinajstić information content (AvgIpc) is 2.54. The van der Waals surface area contributed by atoms with Gasteiger partial charge in [0.05, 0.1) is 0 Å². The molecular formula is C8H3F4NOS. The number of rotatable bonds is 2. The van der Waals surface area contributed by atoms with Crippen LogP contribution in [0.1, 0.15) is 0 Å². The predicted molar refractivity (Wildman–Crippen MR) is 45.8 cm³/mol. The summed E-state index contributed by atoms with van der Waals surface area (Å²) in [4.78, 5) is 3.56. The van der Waals surface area contributed by atoms with Gasteiger partial charge in [0.15, 0.2) is 11.4 Å². The van der Waals surface area contributed by atoms with Crippen LogP contribution in [0, 0.1) is 11.6 Å². The molecular weight excluding hydrogens is 234 g/mol. The molecule has 0 aliphatic rings. The Morgan fingerprint density at radius 2 is 2.00 bits per heavy atom. The maximum atomic E-state index is 13.0. The Hall–Kier alpha value is -1.24. The largest absolute Gasteiger partial charge is 0.428 e. The highest BCUT2D eigenvalue weighted by atomic mass is 32.2. The van der Waals surface area contributed by atoms with Crippen LogP contribution in [-0.4, -0.2) is 10.7 Å². The molecule has 0 radical (unpaired) electrons. The summed E-state index contributed by atoms with van der Waals surface area (Å²) in [6.07, 6.45) is 0. The molecule has 0 aliphatic carbocycles. The molecule has 80 valence electrons. The molecule has 0 unspecified atom stereocenters. The summed E-state index contributed by atoms with van der Waals surface area (Å²) in [5, 5.41) is -0.385. The van der Waals surface area contributed by atoms with E-state index in [2.05, 4.69) is 9.40 Å². The Balaban J connectivity index is 2.51. The molecule has 2 rings (SSSR count). The van der Waals surface area contributed by atoms with Gasteiger partial charge in [0.25, 0.3) is 11.0 Å². The van der Waals surface area contributed by atoms with Gasteiger partial charge in [0.2, 0.25) is 5.82 Å². The van der Waals surface area contributed by atoms with Crippen molar-refractivity contribution in [3.05, 3.63) is 23.8 Å². The van der Waals surface area contributed by atoms with Gasteiger partial charge in [-0.1, -0.05) is 0 Å². The van der Waals surface area contributed by atoms with Crippen molar-refractivity contribution in [1.82, 2.24) is 4.98 Å². The monoisotopic (exact) mass is 237 g/mol. The van der Waals surface area contributed by atoms with E-state index >= 15 is 0 Å². The van der Waals surface area contributed by atoms with Crippen LogP contribution in [0.2, 0.25) is 0 Å². The standard InChI is InChI=1S/C8H3F4NOS/c9-3-1-2-4-6(5(3)10)14-8(13-4)15-7(11)12/h1-2,7H. The van der Waals surface area contributed by atoms with Crippen molar-refractivity contribution in [3.8, 4) is 0 Å². The summed E-state index contributed by atoms with van der Waals surface area (Å²) in [6, 6.07) is 2.02. The van der Waals surface area contributed by atoms with Crippen LogP contribution in [-0.2, 0) is 0 Å². The lowest BCUT2D eigenvalue weighted by Crippen LogP contribution is -1.82. The fraction of sp³-hybridized carbons (Fsp3) is 0.125. The molecule has 0 aliphatic heterocycles. The number of aromatic nitrogens is 1. The van der Waals surface area contributed by atoms with E-state index in [1.54, 1.807) is 0 Å². The molecule has 0 atom stereocenters. The summed E-state index contributed by atoms with van der Waals surface area (Å²) in [7, 11) is 0. The molecule has 15 heavy (non-hydrogen) atoms. The van der Waals surface area contributed by atoms with Crippen LogP contribution in [0.15, 0.2) is 21.8 Å². The molecule has 0 amide bonds. The van der Waals surface area contributed by atoms with Gasteiger partial charge in [-0.3, -0.25) is 0 Å². The molecule has 7 heteroatoms. The number of thioether (sulfide) groups is 1. The molecule has 2 nitrogen and oxygen atoms in total. The fourth-order valence-electron chi connectivity index (χ4n) is 1.04. The second-order valence-corrected chi connectivity index (χ2v) is 3.51. The lowest BCUT2D eigenvalue weighted by Gasteiger charge is -1.91. The Bertz CT molecular complexity index is 499. The average molecular weight is 237 g/mol. The van der Waals surface area contributed by atoms with Gasteiger partial charge in [-0.05, 0) is 12.1 Å². The molecule has 1 aromatic carbocycles. The van der Waals surface area contributed by atoms with Gasteiger partial charge in [-0.25, -0.2) is 9.37 Å². The van der Waals surface area contributed by atoms with E-state index in [-0.39, 0.29) is 22.5 Å². The first-order valence-corrected chi connectivity index (χ1v) is 4.65. The van der Waals surface area contributed by atoms with E-state index in [4.69, 9.17) is 0 Å². The highest BCUT2D eigenvalue weighted by Gasteiger charge is 2.17. The first-order valence-electron chi connectivity index (χ1n) is 3.77. The highest BCUT2D eigenvalue weighted by Crippen LogP contribution is 2.29. The second kappa shape index (κ2) is 3.73. The summed E-state index contributed by atoms with van der Waals surface area (Å²) < 4.78 is 54.2. The number of oxazole rings is 1. The van der Waals surface area contributed by atoms with Crippen molar-refractivity contribution >= 4 is 22.9 Å². The van der Waals surface area contributed by atoms with Gasteiger partial charge in [0, 0.05) is 11.8 Å². The second-order valence-electron chi connectivity index (χ2n) is 2.57. The van der Waals surface area contributed by atoms with Crippen LogP contribution < -0.4 is 0 Å². The number of nitrogens with zero attached hydrogens (tertiary/aromatic N) is 1. The summed E-state index contributed by atoms with van der Waals surface area (Å²) in [5.74, 6) is -5.04. The smallest absolute Gasteiger partial charge is 0.293 e. The third-order valence-corrected chi connectivity index (χ3v) is 2.17. The molecule has 0 saturated heterocycles. The number of fused-ring (bicyclic) bond motifs is 1. The molecule has 1 aromatic heterocycles. The van der Waals surface area contributed by atoms with Gasteiger partial charge >= 0.3 is 0 Å². The van der Waals surface area contributed by atoms with E-state index in [1.165, 1.54) is 0 Å². The summed E-state index contributed by atoms with van der Waals surface area (Å²) in [5.41, 5.74) is -0.435. The molecule has 2 aromatic rings. The predicted octanol–water partition coefficient (Wildman–Crippen LogP) is 3.42. The molecule has 1 heterocycles. The summed E-state index contributed by atoms with van der Waals surface area (Å²) >= 11 is 0.0385. The minimum atomic E-state index is -2.72. The Morgan fingerprint density at radius 3 is 2.67 bits per heavy atom. The topological polar surface area (TPSA) is 26.0 Å². The maximum absolute atomic E-state index is 13.0. The van der Waals surface area contributed by atoms with Crippen molar-refractivity contribution in [2.45, 2.75) is 11.0 Å². The Morgan fingerprint density at radius 1 is 1.27 bits per heavy atom. The molecule has 0 N–H and O–H groups in total. The first-order chi connectivity index (χ1) is 7.08. The molecule has 0 spiro atoms. The molecule has 0 saturated carbocycles. The number of halogens is 4. The van der Waals surface area contributed by atoms with Gasteiger partial charge < -0.3 is 4.42 Å². The number of benzene rings is 1. The minimum Gasteiger partial charge on any atom is -0.428 e. The zero-order chi connectivity index (χ0) is 11.0. The van der Waals surface area contributed by atoms with Crippen LogP contribution >= 0.6 is 11.8 Å². The third kappa shape index (κ3) is 1.92. The lowest BCUT2D eigenvalue weighted by atomic mass is 10.3. The van der Waals surface area contributed by atoms with E-state index in [0.29, 0.717) is 0 Å². The highest BCUT2D eigenvalue weighted by molar-refractivity contribution is 7.99. The van der Waals surface area contributed by atoms with E-state index in [9.17, 15) is 17.6 Å². The first kappa shape index (κ1) is 10.3. The minimum absolute atomic E-state index is 0.0112. The fourth-order valence-corrected chi connectivity index (χ4v) is 1.48. The van der Waals surface area contributed by atoms with Gasteiger partial charge in [-0.15, -0.1) is 0 Å². The number of hydrogen-bond donors (Lipinski definition) is 0. The van der Waals surface area contributed by atoms with Crippen LogP contribution in [0.3, 0.4) is 0 Å². The van der Waals surface area contributed by atoms with Crippen molar-refractivity contribution in [2.24, 2.45) is 0 Å². The van der Waals surface area contributed by atoms with E-state index in [1.807, 2.05) is 0 Å². The molecule has 0 fully saturated rings. The van der Waals surface area contributed by atoms with Crippen molar-refractivity contribution in [1.29, 1.82) is 0 Å².